The average molecular weight is 359 g/mol. The molecule has 7 heteroatoms. The molecule has 0 radical (unpaired) electrons. The third kappa shape index (κ3) is 4.89. The number of piperidine rings is 1. The van der Waals surface area contributed by atoms with Crippen LogP contribution in [0.1, 0.15) is 31.2 Å². The lowest BCUT2D eigenvalue weighted by atomic mass is 10.0. The Morgan fingerprint density at radius 1 is 1.31 bits per heavy atom. The Labute approximate surface area is 153 Å². The van der Waals surface area contributed by atoms with Gasteiger partial charge in [-0.25, -0.2) is 9.07 Å². The van der Waals surface area contributed by atoms with E-state index in [1.165, 1.54) is 25.0 Å². The van der Waals surface area contributed by atoms with Gasteiger partial charge >= 0.3 is 0 Å². The van der Waals surface area contributed by atoms with E-state index in [0.717, 1.165) is 30.8 Å². The first kappa shape index (κ1) is 18.5. The minimum absolute atomic E-state index is 0.0159. The molecule has 0 spiro atoms. The van der Waals surface area contributed by atoms with Crippen LogP contribution in [0, 0.1) is 5.82 Å². The second kappa shape index (κ2) is 8.91. The standard InChI is InChI=1S/C19H26FN5O/c20-16-4-6-17(7-5-16)25-14-15(11-23-25)13-24-10-2-1-3-18(24)12-22-19(26)8-9-21/h4-7,11,14,18H,1-3,8-10,12-13,21H2,(H,22,26). The fraction of sp³-hybridized carbons (Fsp3) is 0.474. The number of rotatable bonds is 7. The lowest BCUT2D eigenvalue weighted by Gasteiger charge is -2.35. The predicted octanol–water partition coefficient (Wildman–Crippen LogP) is 1.83. The number of halogens is 1. The molecule has 1 atom stereocenters. The van der Waals surface area contributed by atoms with Gasteiger partial charge in [-0.15, -0.1) is 0 Å². The maximum Gasteiger partial charge on any atom is 0.221 e. The van der Waals surface area contributed by atoms with Crippen LogP contribution in [0.15, 0.2) is 36.7 Å². The zero-order chi connectivity index (χ0) is 18.4. The fourth-order valence-electron chi connectivity index (χ4n) is 3.36. The molecule has 2 heterocycles. The van der Waals surface area contributed by atoms with Gasteiger partial charge < -0.3 is 11.1 Å². The van der Waals surface area contributed by atoms with Crippen molar-refractivity contribution >= 4 is 5.91 Å². The number of nitrogens with two attached hydrogens (primary N) is 1. The number of nitrogens with zero attached hydrogens (tertiary/aromatic N) is 3. The minimum atomic E-state index is -0.256. The van der Waals surface area contributed by atoms with Crippen LogP contribution < -0.4 is 11.1 Å². The van der Waals surface area contributed by atoms with E-state index in [-0.39, 0.29) is 11.7 Å². The number of nitrogens with one attached hydrogen (secondary N) is 1. The molecule has 26 heavy (non-hydrogen) atoms. The molecule has 1 aromatic carbocycles. The summed E-state index contributed by atoms with van der Waals surface area (Å²) in [6, 6.07) is 6.62. The van der Waals surface area contributed by atoms with E-state index in [1.54, 1.807) is 16.8 Å². The Balaban J connectivity index is 1.61. The van der Waals surface area contributed by atoms with Crippen molar-refractivity contribution < 1.29 is 9.18 Å². The first-order valence-corrected chi connectivity index (χ1v) is 9.16. The van der Waals surface area contributed by atoms with Crippen molar-refractivity contribution in [2.24, 2.45) is 5.73 Å². The quantitative estimate of drug-likeness (QED) is 0.791. The number of carbonyl (C=O) groups is 1. The Morgan fingerprint density at radius 3 is 2.88 bits per heavy atom. The van der Waals surface area contributed by atoms with E-state index in [2.05, 4.69) is 15.3 Å². The van der Waals surface area contributed by atoms with Crippen LogP contribution in [0.2, 0.25) is 0 Å². The van der Waals surface area contributed by atoms with Gasteiger partial charge in [0.2, 0.25) is 5.91 Å². The summed E-state index contributed by atoms with van der Waals surface area (Å²) in [6.07, 6.45) is 7.63. The number of carbonyl (C=O) groups excluding carboxylic acids is 1. The molecule has 1 fully saturated rings. The fourth-order valence-corrected chi connectivity index (χ4v) is 3.36. The summed E-state index contributed by atoms with van der Waals surface area (Å²) in [6.45, 7) is 2.84. The van der Waals surface area contributed by atoms with Crippen LogP contribution in [0.25, 0.3) is 5.69 Å². The van der Waals surface area contributed by atoms with Crippen LogP contribution in [0.3, 0.4) is 0 Å². The van der Waals surface area contributed by atoms with Gasteiger partial charge in [0.25, 0.3) is 0 Å². The molecule has 0 saturated carbocycles. The molecule has 0 aliphatic carbocycles. The predicted molar refractivity (Wildman–Crippen MR) is 98.3 cm³/mol. The molecule has 6 nitrogen and oxygen atoms in total. The van der Waals surface area contributed by atoms with Crippen LogP contribution >= 0.6 is 0 Å². The molecule has 1 unspecified atom stereocenters. The van der Waals surface area contributed by atoms with Crippen molar-refractivity contribution in [3.63, 3.8) is 0 Å². The third-order valence-electron chi connectivity index (χ3n) is 4.77. The Bertz CT molecular complexity index is 715. The maximum absolute atomic E-state index is 13.1. The lowest BCUT2D eigenvalue weighted by Crippen LogP contribution is -2.46. The van der Waals surface area contributed by atoms with Crippen LogP contribution in [-0.2, 0) is 11.3 Å². The molecule has 1 aliphatic rings. The zero-order valence-corrected chi connectivity index (χ0v) is 14.9. The molecule has 1 aromatic heterocycles. The maximum atomic E-state index is 13.1. The first-order valence-electron chi connectivity index (χ1n) is 9.16. The summed E-state index contributed by atoms with van der Waals surface area (Å²) in [7, 11) is 0. The van der Waals surface area contributed by atoms with E-state index < -0.39 is 0 Å². The van der Waals surface area contributed by atoms with Gasteiger partial charge in [0, 0.05) is 43.9 Å². The molecule has 3 rings (SSSR count). The Hall–Kier alpha value is -2.25. The van der Waals surface area contributed by atoms with E-state index >= 15 is 0 Å². The zero-order valence-electron chi connectivity index (χ0n) is 14.9. The van der Waals surface area contributed by atoms with E-state index in [0.29, 0.717) is 25.6 Å². The third-order valence-corrected chi connectivity index (χ3v) is 4.77. The average Bonchev–Trinajstić information content (AvgIpc) is 3.10. The number of likely N-dealkylation sites (tertiary alicyclic amines) is 1. The van der Waals surface area contributed by atoms with Crippen molar-refractivity contribution in [1.82, 2.24) is 20.0 Å². The molecule has 140 valence electrons. The number of amides is 1. The Morgan fingerprint density at radius 2 is 2.12 bits per heavy atom. The summed E-state index contributed by atoms with van der Waals surface area (Å²) in [5.74, 6) is -0.240. The SMILES string of the molecule is NCCC(=O)NCC1CCCCN1Cc1cnn(-c2ccc(F)cc2)c1. The van der Waals surface area contributed by atoms with Crippen LogP contribution in [0.4, 0.5) is 4.39 Å². The molecule has 1 aliphatic heterocycles. The largest absolute Gasteiger partial charge is 0.354 e. The van der Waals surface area contributed by atoms with E-state index in [1.807, 2.05) is 12.4 Å². The summed E-state index contributed by atoms with van der Waals surface area (Å²) < 4.78 is 14.8. The van der Waals surface area contributed by atoms with Gasteiger partial charge in [-0.2, -0.15) is 5.10 Å². The van der Waals surface area contributed by atoms with Crippen molar-refractivity contribution in [2.45, 2.75) is 38.3 Å². The molecule has 1 saturated heterocycles. The first-order chi connectivity index (χ1) is 12.7. The second-order valence-electron chi connectivity index (χ2n) is 6.73. The Kier molecular flexibility index (Phi) is 6.35. The summed E-state index contributed by atoms with van der Waals surface area (Å²) in [5.41, 5.74) is 7.37. The second-order valence-corrected chi connectivity index (χ2v) is 6.73. The van der Waals surface area contributed by atoms with Crippen LogP contribution in [0.5, 0.6) is 0 Å². The van der Waals surface area contributed by atoms with Gasteiger partial charge in [0.05, 0.1) is 11.9 Å². The molecule has 0 bridgehead atoms. The molecule has 1 amide bonds. The summed E-state index contributed by atoms with van der Waals surface area (Å²) in [4.78, 5) is 14.1. The van der Waals surface area contributed by atoms with Crippen LogP contribution in [-0.4, -0.2) is 46.3 Å². The van der Waals surface area contributed by atoms with Gasteiger partial charge in [0.1, 0.15) is 5.82 Å². The highest BCUT2D eigenvalue weighted by molar-refractivity contribution is 5.76. The monoisotopic (exact) mass is 359 g/mol. The molecule has 3 N–H and O–H groups in total. The number of aromatic nitrogens is 2. The van der Waals surface area contributed by atoms with E-state index in [9.17, 15) is 9.18 Å². The smallest absolute Gasteiger partial charge is 0.221 e. The minimum Gasteiger partial charge on any atom is -0.354 e. The highest BCUT2D eigenvalue weighted by Gasteiger charge is 2.23. The molecular formula is C19H26FN5O. The molecular weight excluding hydrogens is 333 g/mol. The van der Waals surface area contributed by atoms with Crippen molar-refractivity contribution in [3.05, 3.63) is 48.0 Å². The molecule has 2 aromatic rings. The summed E-state index contributed by atoms with van der Waals surface area (Å²) >= 11 is 0. The van der Waals surface area contributed by atoms with Gasteiger partial charge in [-0.3, -0.25) is 9.69 Å². The van der Waals surface area contributed by atoms with E-state index in [4.69, 9.17) is 5.73 Å². The van der Waals surface area contributed by atoms with Crippen molar-refractivity contribution in [1.29, 1.82) is 0 Å². The van der Waals surface area contributed by atoms with Gasteiger partial charge in [-0.05, 0) is 43.7 Å². The lowest BCUT2D eigenvalue weighted by molar-refractivity contribution is -0.121. The van der Waals surface area contributed by atoms with Gasteiger partial charge in [0.15, 0.2) is 0 Å². The highest BCUT2D eigenvalue weighted by Crippen LogP contribution is 2.20. The van der Waals surface area contributed by atoms with Crippen molar-refractivity contribution in [3.8, 4) is 5.69 Å². The normalized spacial score (nSPS) is 18.0. The topological polar surface area (TPSA) is 76.2 Å². The number of benzene rings is 1. The number of hydrogen-bond donors (Lipinski definition) is 2. The van der Waals surface area contributed by atoms with Gasteiger partial charge in [-0.1, -0.05) is 6.42 Å². The highest BCUT2D eigenvalue weighted by atomic mass is 19.1. The number of hydrogen-bond acceptors (Lipinski definition) is 4. The van der Waals surface area contributed by atoms with Crippen molar-refractivity contribution in [2.75, 3.05) is 19.6 Å². The summed E-state index contributed by atoms with van der Waals surface area (Å²) in [5, 5.41) is 7.38.